The highest BCUT2D eigenvalue weighted by Crippen LogP contribution is 2.32. The maximum Gasteiger partial charge on any atom is 0.341 e. The third-order valence-electron chi connectivity index (χ3n) is 4.10. The van der Waals surface area contributed by atoms with Gasteiger partial charge in [-0.3, -0.25) is 4.79 Å². The Balaban J connectivity index is 2.31. The molecule has 4 N–H and O–H groups in total. The van der Waals surface area contributed by atoms with E-state index in [0.717, 1.165) is 22.9 Å². The Hall–Kier alpha value is -2.04. The highest BCUT2D eigenvalue weighted by molar-refractivity contribution is 6.31. The number of rotatable bonds is 3. The molecular formula is C15H13ClFNO7. The number of carboxylic acid groups (broad SMARTS) is 1. The fourth-order valence-corrected chi connectivity index (χ4v) is 2.97. The fraction of sp³-hybridized carbons (Fsp3) is 0.333. The van der Waals surface area contributed by atoms with Gasteiger partial charge in [-0.2, -0.15) is 0 Å². The molecule has 1 aromatic heterocycles. The van der Waals surface area contributed by atoms with E-state index in [1.165, 1.54) is 0 Å². The third-order valence-corrected chi connectivity index (χ3v) is 4.39. The Bertz CT molecular complexity index is 915. The van der Waals surface area contributed by atoms with Crippen LogP contribution >= 0.6 is 11.6 Å². The number of aromatic carboxylic acids is 1. The second kappa shape index (κ2) is 6.36. The monoisotopic (exact) mass is 373 g/mol. The summed E-state index contributed by atoms with van der Waals surface area (Å²) < 4.78 is 20.2. The Kier molecular flexibility index (Phi) is 4.52. The molecule has 1 aromatic carbocycles. The van der Waals surface area contributed by atoms with Crippen molar-refractivity contribution in [2.75, 3.05) is 6.61 Å². The predicted octanol–water partition coefficient (Wildman–Crippen LogP) is 0.104. The lowest BCUT2D eigenvalue weighted by Crippen LogP contribution is -2.33. The lowest BCUT2D eigenvalue weighted by Gasteiger charge is -2.21. The molecule has 0 spiro atoms. The minimum Gasteiger partial charge on any atom is -0.477 e. The normalized spacial score (nSPS) is 26.3. The Morgan fingerprint density at radius 1 is 1.32 bits per heavy atom. The first-order valence-corrected chi connectivity index (χ1v) is 7.53. The van der Waals surface area contributed by atoms with Crippen LogP contribution in [0.25, 0.3) is 10.9 Å². The molecule has 10 heteroatoms. The van der Waals surface area contributed by atoms with Gasteiger partial charge in [-0.25, -0.2) is 9.18 Å². The highest BCUT2D eigenvalue weighted by Gasteiger charge is 2.43. The van der Waals surface area contributed by atoms with E-state index in [9.17, 15) is 34.4 Å². The fourth-order valence-electron chi connectivity index (χ4n) is 2.82. The van der Waals surface area contributed by atoms with Crippen LogP contribution in [0.3, 0.4) is 0 Å². The van der Waals surface area contributed by atoms with Gasteiger partial charge in [0.15, 0.2) is 6.23 Å². The summed E-state index contributed by atoms with van der Waals surface area (Å²) in [5, 5.41) is 37.8. The maximum absolute atomic E-state index is 13.7. The Labute approximate surface area is 144 Å². The topological polar surface area (TPSA) is 129 Å². The standard InChI is InChI=1S/C15H13ClFNO7/c16-7-2-9-5(1-8(7)17)11(20)6(15(23)24)3-18(9)14-13(22)12(21)10(4-19)25-14/h1-3,10,12-14,19,21-22H,4H2,(H,23,24)/t10-,12-,13-,14-/m1/s1. The number of carbonyl (C=O) groups is 1. The number of hydrogen-bond acceptors (Lipinski definition) is 6. The summed E-state index contributed by atoms with van der Waals surface area (Å²) in [4.78, 5) is 23.6. The molecule has 0 unspecified atom stereocenters. The van der Waals surface area contributed by atoms with Gasteiger partial charge >= 0.3 is 5.97 Å². The first kappa shape index (κ1) is 17.8. The summed E-state index contributed by atoms with van der Waals surface area (Å²) in [6.45, 7) is -0.589. The number of aliphatic hydroxyl groups excluding tert-OH is 3. The van der Waals surface area contributed by atoms with Crippen LogP contribution in [0.5, 0.6) is 0 Å². The molecular weight excluding hydrogens is 361 g/mol. The van der Waals surface area contributed by atoms with E-state index in [1.54, 1.807) is 0 Å². The zero-order valence-electron chi connectivity index (χ0n) is 12.5. The first-order valence-electron chi connectivity index (χ1n) is 7.16. The molecule has 0 radical (unpaired) electrons. The van der Waals surface area contributed by atoms with Gasteiger partial charge in [0, 0.05) is 11.6 Å². The van der Waals surface area contributed by atoms with E-state index >= 15 is 0 Å². The molecule has 134 valence electrons. The summed E-state index contributed by atoms with van der Waals surface area (Å²) in [6, 6.07) is 1.89. The molecule has 25 heavy (non-hydrogen) atoms. The van der Waals surface area contributed by atoms with Crippen molar-refractivity contribution in [3.8, 4) is 0 Å². The average molecular weight is 374 g/mol. The number of hydrogen-bond donors (Lipinski definition) is 4. The van der Waals surface area contributed by atoms with Crippen molar-refractivity contribution < 1.29 is 34.3 Å². The Morgan fingerprint density at radius 3 is 2.56 bits per heavy atom. The van der Waals surface area contributed by atoms with Gasteiger partial charge in [0.25, 0.3) is 0 Å². The van der Waals surface area contributed by atoms with Crippen molar-refractivity contribution >= 4 is 28.5 Å². The zero-order chi connectivity index (χ0) is 18.5. The molecule has 1 fully saturated rings. The molecule has 0 bridgehead atoms. The first-order chi connectivity index (χ1) is 11.8. The van der Waals surface area contributed by atoms with Crippen LogP contribution in [-0.2, 0) is 4.74 Å². The molecule has 0 saturated carbocycles. The van der Waals surface area contributed by atoms with Crippen LogP contribution in [0.2, 0.25) is 5.02 Å². The van der Waals surface area contributed by atoms with Crippen molar-refractivity contribution in [2.45, 2.75) is 24.5 Å². The van der Waals surface area contributed by atoms with Crippen LogP contribution in [0.15, 0.2) is 23.1 Å². The predicted molar refractivity (Wildman–Crippen MR) is 83.1 cm³/mol. The molecule has 1 saturated heterocycles. The lowest BCUT2D eigenvalue weighted by molar-refractivity contribution is -0.0509. The largest absolute Gasteiger partial charge is 0.477 e. The number of pyridine rings is 1. The third kappa shape index (κ3) is 2.79. The van der Waals surface area contributed by atoms with E-state index < -0.39 is 53.9 Å². The van der Waals surface area contributed by atoms with Crippen molar-refractivity contribution in [3.05, 3.63) is 45.0 Å². The van der Waals surface area contributed by atoms with Crippen LogP contribution in [-0.4, -0.2) is 55.9 Å². The van der Waals surface area contributed by atoms with E-state index in [4.69, 9.17) is 16.3 Å². The summed E-state index contributed by atoms with van der Waals surface area (Å²) in [6.07, 6.45) is -4.46. The molecule has 8 nitrogen and oxygen atoms in total. The quantitative estimate of drug-likeness (QED) is 0.600. The number of halogens is 2. The van der Waals surface area contributed by atoms with E-state index in [1.807, 2.05) is 0 Å². The van der Waals surface area contributed by atoms with Crippen molar-refractivity contribution in [1.29, 1.82) is 0 Å². The highest BCUT2D eigenvalue weighted by atomic mass is 35.5. The van der Waals surface area contributed by atoms with Crippen molar-refractivity contribution in [3.63, 3.8) is 0 Å². The van der Waals surface area contributed by atoms with Crippen LogP contribution in [0, 0.1) is 5.82 Å². The van der Waals surface area contributed by atoms with Crippen LogP contribution < -0.4 is 5.43 Å². The van der Waals surface area contributed by atoms with Crippen LogP contribution in [0.4, 0.5) is 4.39 Å². The molecule has 2 heterocycles. The van der Waals surface area contributed by atoms with Gasteiger partial charge in [-0.15, -0.1) is 0 Å². The van der Waals surface area contributed by atoms with E-state index in [2.05, 4.69) is 0 Å². The summed E-state index contributed by atoms with van der Waals surface area (Å²) in [7, 11) is 0. The van der Waals surface area contributed by atoms with Crippen molar-refractivity contribution in [1.82, 2.24) is 4.57 Å². The minimum absolute atomic E-state index is 0.0104. The molecule has 0 amide bonds. The summed E-state index contributed by atoms with van der Waals surface area (Å²) >= 11 is 5.74. The minimum atomic E-state index is -1.55. The van der Waals surface area contributed by atoms with Gasteiger partial charge in [0.05, 0.1) is 17.1 Å². The van der Waals surface area contributed by atoms with Crippen LogP contribution in [0.1, 0.15) is 16.6 Å². The number of fused-ring (bicyclic) bond motifs is 1. The van der Waals surface area contributed by atoms with Gasteiger partial charge in [0.1, 0.15) is 29.7 Å². The van der Waals surface area contributed by atoms with Crippen molar-refractivity contribution in [2.24, 2.45) is 0 Å². The molecule has 2 aromatic rings. The molecule has 4 atom stereocenters. The summed E-state index contributed by atoms with van der Waals surface area (Å²) in [5.41, 5.74) is -1.59. The second-order valence-electron chi connectivity index (χ2n) is 5.60. The maximum atomic E-state index is 13.7. The van der Waals surface area contributed by atoms with Gasteiger partial charge in [-0.05, 0) is 12.1 Å². The SMILES string of the molecule is O=C(O)c1cn([C@@H]2O[C@H](CO)[C@@H](O)[C@H]2O)c2cc(Cl)c(F)cc2c1=O. The lowest BCUT2D eigenvalue weighted by atomic mass is 10.1. The molecule has 0 aliphatic carbocycles. The van der Waals surface area contributed by atoms with Gasteiger partial charge < -0.3 is 29.7 Å². The smallest absolute Gasteiger partial charge is 0.341 e. The number of aliphatic hydroxyl groups is 3. The number of carboxylic acids is 1. The number of nitrogens with zero attached hydrogens (tertiary/aromatic N) is 1. The molecule has 1 aliphatic rings. The number of ether oxygens (including phenoxy) is 1. The van der Waals surface area contributed by atoms with E-state index in [0.29, 0.717) is 0 Å². The number of aromatic nitrogens is 1. The van der Waals surface area contributed by atoms with Gasteiger partial charge in [-0.1, -0.05) is 11.6 Å². The Morgan fingerprint density at radius 2 is 2.00 bits per heavy atom. The number of benzene rings is 1. The average Bonchev–Trinajstić information content (AvgIpc) is 2.85. The van der Waals surface area contributed by atoms with E-state index in [-0.39, 0.29) is 15.9 Å². The second-order valence-corrected chi connectivity index (χ2v) is 6.00. The summed E-state index contributed by atoms with van der Waals surface area (Å²) in [5.74, 6) is -2.47. The van der Waals surface area contributed by atoms with Gasteiger partial charge in [0.2, 0.25) is 5.43 Å². The molecule has 1 aliphatic heterocycles. The molecule has 3 rings (SSSR count). The zero-order valence-corrected chi connectivity index (χ0v) is 13.2.